The van der Waals surface area contributed by atoms with Gasteiger partial charge in [-0.05, 0) is 36.8 Å². The molecule has 5 heteroatoms. The van der Waals surface area contributed by atoms with Gasteiger partial charge in [-0.25, -0.2) is 4.39 Å². The number of nitrogens with zero attached hydrogens (tertiary/aromatic N) is 1. The molecule has 1 aromatic carbocycles. The number of anilines is 1. The molecule has 1 heterocycles. The van der Waals surface area contributed by atoms with Gasteiger partial charge in [-0.15, -0.1) is 0 Å². The normalized spacial score (nSPS) is 9.67. The van der Waals surface area contributed by atoms with Crippen molar-refractivity contribution < 1.29 is 9.18 Å². The molecule has 2 rings (SSSR count). The lowest BCUT2D eigenvalue weighted by atomic mass is 10.1. The van der Waals surface area contributed by atoms with Crippen LogP contribution in [0.4, 0.5) is 10.1 Å². The van der Waals surface area contributed by atoms with Gasteiger partial charge in [-0.1, -0.05) is 11.8 Å². The van der Waals surface area contributed by atoms with E-state index < -0.39 is 11.7 Å². The van der Waals surface area contributed by atoms with Crippen LogP contribution >= 0.6 is 0 Å². The first-order chi connectivity index (χ1) is 10.1. The monoisotopic (exact) mass is 283 g/mol. The van der Waals surface area contributed by atoms with Gasteiger partial charge in [0.2, 0.25) is 0 Å². The Balaban J connectivity index is 2.18. The minimum atomic E-state index is -0.550. The Kier molecular flexibility index (Phi) is 4.64. The number of benzene rings is 1. The number of aryl methyl sites for hydroxylation is 1. The average Bonchev–Trinajstić information content (AvgIpc) is 2.46. The molecule has 2 aromatic rings. The number of aromatic nitrogens is 1. The average molecular weight is 283 g/mol. The van der Waals surface area contributed by atoms with Crippen molar-refractivity contribution in [1.29, 1.82) is 0 Å². The molecule has 0 bridgehead atoms. The molecule has 0 saturated heterocycles. The molecule has 3 N–H and O–H groups in total. The Morgan fingerprint density at radius 1 is 1.38 bits per heavy atom. The van der Waals surface area contributed by atoms with E-state index in [0.29, 0.717) is 5.69 Å². The van der Waals surface area contributed by atoms with E-state index in [0.717, 1.165) is 11.6 Å². The fourth-order valence-corrected chi connectivity index (χ4v) is 1.73. The highest BCUT2D eigenvalue weighted by Crippen LogP contribution is 2.13. The Bertz CT molecular complexity index is 732. The van der Waals surface area contributed by atoms with Gasteiger partial charge in [0.25, 0.3) is 5.91 Å². The third-order valence-electron chi connectivity index (χ3n) is 2.69. The summed E-state index contributed by atoms with van der Waals surface area (Å²) in [5.41, 5.74) is 7.15. The van der Waals surface area contributed by atoms with Crippen LogP contribution in [0.15, 0.2) is 36.7 Å². The van der Waals surface area contributed by atoms with Crippen molar-refractivity contribution in [1.82, 2.24) is 4.98 Å². The summed E-state index contributed by atoms with van der Waals surface area (Å²) in [6, 6.07) is 5.91. The Morgan fingerprint density at radius 2 is 2.19 bits per heavy atom. The number of nitrogens with two attached hydrogens (primary N) is 1. The summed E-state index contributed by atoms with van der Waals surface area (Å²) in [6.07, 6.45) is 3.21. The molecule has 1 aromatic heterocycles. The van der Waals surface area contributed by atoms with E-state index in [4.69, 9.17) is 5.73 Å². The van der Waals surface area contributed by atoms with E-state index in [-0.39, 0.29) is 17.7 Å². The van der Waals surface area contributed by atoms with Crippen molar-refractivity contribution in [3.05, 3.63) is 59.2 Å². The summed E-state index contributed by atoms with van der Waals surface area (Å²) in [6.45, 7) is 2.02. The minimum Gasteiger partial charge on any atom is -0.321 e. The summed E-state index contributed by atoms with van der Waals surface area (Å²) in [5, 5.41) is 2.66. The van der Waals surface area contributed by atoms with Gasteiger partial charge in [0.05, 0.1) is 24.0 Å². The third kappa shape index (κ3) is 3.88. The van der Waals surface area contributed by atoms with Crippen LogP contribution in [0.5, 0.6) is 0 Å². The van der Waals surface area contributed by atoms with Crippen molar-refractivity contribution in [3.8, 4) is 11.8 Å². The number of nitrogens with one attached hydrogen (secondary N) is 1. The quantitative estimate of drug-likeness (QED) is 0.829. The van der Waals surface area contributed by atoms with Crippen LogP contribution in [0.25, 0.3) is 0 Å². The van der Waals surface area contributed by atoms with Gasteiger partial charge >= 0.3 is 0 Å². The molecule has 0 spiro atoms. The van der Waals surface area contributed by atoms with E-state index >= 15 is 0 Å². The number of carbonyl (C=O) groups is 1. The molecule has 0 aliphatic carbocycles. The van der Waals surface area contributed by atoms with E-state index in [1.54, 1.807) is 12.3 Å². The zero-order valence-corrected chi connectivity index (χ0v) is 11.5. The number of rotatable bonds is 2. The largest absolute Gasteiger partial charge is 0.321 e. The smallest absolute Gasteiger partial charge is 0.255 e. The standard InChI is InChI=1S/C16H14FN3O/c1-11-7-14(10-19-9-11)20-16(21)13-5-4-12(3-2-6-18)15(17)8-13/h4-5,7-10H,6,18H2,1H3,(H,20,21). The predicted octanol–water partition coefficient (Wildman–Crippen LogP) is 2.09. The second-order valence-electron chi connectivity index (χ2n) is 4.41. The maximum absolute atomic E-state index is 13.8. The molecule has 4 nitrogen and oxygen atoms in total. The molecule has 0 fully saturated rings. The molecular weight excluding hydrogens is 269 g/mol. The van der Waals surface area contributed by atoms with Crippen molar-refractivity contribution in [3.63, 3.8) is 0 Å². The van der Waals surface area contributed by atoms with Crippen molar-refractivity contribution in [2.45, 2.75) is 6.92 Å². The Morgan fingerprint density at radius 3 is 2.86 bits per heavy atom. The number of carbonyl (C=O) groups excluding carboxylic acids is 1. The number of halogens is 1. The lowest BCUT2D eigenvalue weighted by Gasteiger charge is -2.06. The highest BCUT2D eigenvalue weighted by atomic mass is 19.1. The fourth-order valence-electron chi connectivity index (χ4n) is 1.73. The van der Waals surface area contributed by atoms with Gasteiger partial charge < -0.3 is 11.1 Å². The van der Waals surface area contributed by atoms with E-state index in [2.05, 4.69) is 22.1 Å². The van der Waals surface area contributed by atoms with E-state index in [1.807, 2.05) is 6.92 Å². The summed E-state index contributed by atoms with van der Waals surface area (Å²) in [5.74, 6) is 4.22. The maximum atomic E-state index is 13.8. The fraction of sp³-hybridized carbons (Fsp3) is 0.125. The van der Waals surface area contributed by atoms with Crippen LogP contribution in [0, 0.1) is 24.6 Å². The van der Waals surface area contributed by atoms with Gasteiger partial charge in [0, 0.05) is 11.8 Å². The number of hydrogen-bond donors (Lipinski definition) is 2. The molecule has 0 radical (unpaired) electrons. The van der Waals surface area contributed by atoms with Crippen LogP contribution in [0.2, 0.25) is 0 Å². The van der Waals surface area contributed by atoms with E-state index in [9.17, 15) is 9.18 Å². The zero-order valence-electron chi connectivity index (χ0n) is 11.5. The number of pyridine rings is 1. The van der Waals surface area contributed by atoms with Gasteiger partial charge in [0.15, 0.2) is 0 Å². The lowest BCUT2D eigenvalue weighted by molar-refractivity contribution is 0.102. The highest BCUT2D eigenvalue weighted by molar-refractivity contribution is 6.04. The maximum Gasteiger partial charge on any atom is 0.255 e. The Hall–Kier alpha value is -2.71. The van der Waals surface area contributed by atoms with E-state index in [1.165, 1.54) is 18.3 Å². The molecule has 1 amide bonds. The van der Waals surface area contributed by atoms with Crippen molar-refractivity contribution in [2.24, 2.45) is 5.73 Å². The van der Waals surface area contributed by atoms with Gasteiger partial charge in [0.1, 0.15) is 5.82 Å². The zero-order chi connectivity index (χ0) is 15.2. The topological polar surface area (TPSA) is 68.0 Å². The van der Waals surface area contributed by atoms with Crippen LogP contribution in [-0.4, -0.2) is 17.4 Å². The summed E-state index contributed by atoms with van der Waals surface area (Å²) in [7, 11) is 0. The lowest BCUT2D eigenvalue weighted by Crippen LogP contribution is -2.12. The van der Waals surface area contributed by atoms with Crippen LogP contribution in [0.1, 0.15) is 21.5 Å². The van der Waals surface area contributed by atoms with Crippen LogP contribution in [-0.2, 0) is 0 Å². The third-order valence-corrected chi connectivity index (χ3v) is 2.69. The Labute approximate surface area is 122 Å². The number of amides is 1. The first-order valence-electron chi connectivity index (χ1n) is 6.31. The summed E-state index contributed by atoms with van der Waals surface area (Å²) < 4.78 is 13.8. The first-order valence-corrected chi connectivity index (χ1v) is 6.31. The summed E-state index contributed by atoms with van der Waals surface area (Å²) in [4.78, 5) is 16.0. The molecule has 0 atom stereocenters. The molecular formula is C16H14FN3O. The van der Waals surface area contributed by atoms with Crippen molar-refractivity contribution in [2.75, 3.05) is 11.9 Å². The molecule has 0 saturated carbocycles. The van der Waals surface area contributed by atoms with Gasteiger partial charge in [-0.2, -0.15) is 0 Å². The summed E-state index contributed by atoms with van der Waals surface area (Å²) >= 11 is 0. The van der Waals surface area contributed by atoms with Gasteiger partial charge in [-0.3, -0.25) is 9.78 Å². The second kappa shape index (κ2) is 6.64. The molecule has 106 valence electrons. The SMILES string of the molecule is Cc1cncc(NC(=O)c2ccc(C#CCN)c(F)c2)c1. The molecule has 0 unspecified atom stereocenters. The first kappa shape index (κ1) is 14.7. The van der Waals surface area contributed by atoms with Crippen LogP contribution in [0.3, 0.4) is 0 Å². The molecule has 21 heavy (non-hydrogen) atoms. The number of hydrogen-bond acceptors (Lipinski definition) is 3. The van der Waals surface area contributed by atoms with Crippen molar-refractivity contribution >= 4 is 11.6 Å². The molecule has 0 aliphatic heterocycles. The molecule has 0 aliphatic rings. The minimum absolute atomic E-state index is 0.155. The predicted molar refractivity (Wildman–Crippen MR) is 79.3 cm³/mol. The van der Waals surface area contributed by atoms with Crippen LogP contribution < -0.4 is 11.1 Å². The second-order valence-corrected chi connectivity index (χ2v) is 4.41. The highest BCUT2D eigenvalue weighted by Gasteiger charge is 2.09.